The van der Waals surface area contributed by atoms with E-state index in [4.69, 9.17) is 18.9 Å². The molecule has 0 unspecified atom stereocenters. The molecule has 0 amide bonds. The topological polar surface area (TPSA) is 73.3 Å². The Balaban J connectivity index is 0.00000625. The Morgan fingerprint density at radius 3 is 2.19 bits per heavy atom. The molecule has 1 aromatic carbocycles. The number of rotatable bonds is 11. The summed E-state index contributed by atoms with van der Waals surface area (Å²) in [4.78, 5) is 4.62. The maximum atomic E-state index is 5.44. The van der Waals surface area contributed by atoms with E-state index in [1.807, 2.05) is 26.0 Å². The van der Waals surface area contributed by atoms with E-state index < -0.39 is 0 Å². The van der Waals surface area contributed by atoms with Crippen molar-refractivity contribution < 1.29 is 18.9 Å². The number of aliphatic imine (C=N–C) groups is 1. The Bertz CT molecular complexity index is 541. The smallest absolute Gasteiger partial charge is 0.191 e. The lowest BCUT2D eigenvalue weighted by Crippen LogP contribution is -2.38. The van der Waals surface area contributed by atoms with E-state index in [-0.39, 0.29) is 24.0 Å². The first-order chi connectivity index (χ1) is 12.2. The zero-order chi connectivity index (χ0) is 18.5. The first kappa shape index (κ1) is 24.6. The van der Waals surface area contributed by atoms with E-state index in [0.717, 1.165) is 44.2 Å². The molecule has 150 valence electrons. The minimum atomic E-state index is 0. The molecule has 0 saturated heterocycles. The summed E-state index contributed by atoms with van der Waals surface area (Å²) in [6.07, 6.45) is 0.929. The average Bonchev–Trinajstić information content (AvgIpc) is 2.64. The summed E-state index contributed by atoms with van der Waals surface area (Å²) >= 11 is 0. The van der Waals surface area contributed by atoms with Gasteiger partial charge in [-0.15, -0.1) is 24.0 Å². The number of nitrogens with one attached hydrogen (secondary N) is 2. The monoisotopic (exact) mass is 481 g/mol. The lowest BCUT2D eigenvalue weighted by Gasteiger charge is -2.14. The van der Waals surface area contributed by atoms with Gasteiger partial charge in [-0.1, -0.05) is 0 Å². The summed E-state index contributed by atoms with van der Waals surface area (Å²) in [6.45, 7) is 7.57. The van der Waals surface area contributed by atoms with Gasteiger partial charge in [-0.2, -0.15) is 0 Å². The molecule has 2 N–H and O–H groups in total. The third kappa shape index (κ3) is 8.31. The van der Waals surface area contributed by atoms with Gasteiger partial charge in [0.2, 0.25) is 0 Å². The third-order valence-corrected chi connectivity index (χ3v) is 3.50. The Hall–Kier alpha value is -1.42. The van der Waals surface area contributed by atoms with Crippen molar-refractivity contribution in [1.82, 2.24) is 10.6 Å². The van der Waals surface area contributed by atoms with Crippen molar-refractivity contribution in [3.05, 3.63) is 17.7 Å². The molecule has 7 nitrogen and oxygen atoms in total. The van der Waals surface area contributed by atoms with Crippen LogP contribution >= 0.6 is 24.0 Å². The van der Waals surface area contributed by atoms with Crippen LogP contribution in [0.5, 0.6) is 17.2 Å². The quantitative estimate of drug-likeness (QED) is 0.219. The minimum absolute atomic E-state index is 0. The number of nitrogens with zero attached hydrogens (tertiary/aromatic N) is 1. The standard InChI is InChI=1S/C18H31N3O4.HI/c1-6-19-18(20-9-8-10-25-7-2)21-13-14-11-16(23-4)17(24-5)12-15(14)22-3;/h11-12H,6-10,13H2,1-5H3,(H2,19,20,21);1H. The molecule has 0 fully saturated rings. The van der Waals surface area contributed by atoms with Crippen molar-refractivity contribution >= 4 is 29.9 Å². The molecule has 0 spiro atoms. The molecule has 26 heavy (non-hydrogen) atoms. The van der Waals surface area contributed by atoms with Crippen molar-refractivity contribution in [1.29, 1.82) is 0 Å². The summed E-state index contributed by atoms with van der Waals surface area (Å²) in [5.41, 5.74) is 0.923. The number of methoxy groups -OCH3 is 3. The van der Waals surface area contributed by atoms with Crippen LogP contribution in [0.1, 0.15) is 25.8 Å². The van der Waals surface area contributed by atoms with Crippen LogP contribution in [-0.4, -0.2) is 53.6 Å². The van der Waals surface area contributed by atoms with Gasteiger partial charge < -0.3 is 29.6 Å². The maximum Gasteiger partial charge on any atom is 0.191 e. The van der Waals surface area contributed by atoms with E-state index in [1.165, 1.54) is 0 Å². The summed E-state index contributed by atoms with van der Waals surface area (Å²) in [5.74, 6) is 2.76. The summed E-state index contributed by atoms with van der Waals surface area (Å²) in [5, 5.41) is 6.53. The Morgan fingerprint density at radius 2 is 1.62 bits per heavy atom. The van der Waals surface area contributed by atoms with E-state index >= 15 is 0 Å². The van der Waals surface area contributed by atoms with Gasteiger partial charge >= 0.3 is 0 Å². The molecule has 8 heteroatoms. The minimum Gasteiger partial charge on any atom is -0.496 e. The molecule has 0 bridgehead atoms. The second-order valence-electron chi connectivity index (χ2n) is 5.19. The van der Waals surface area contributed by atoms with Crippen LogP contribution in [0.15, 0.2) is 17.1 Å². The number of guanidine groups is 1. The Labute approximate surface area is 173 Å². The molecular formula is C18H32IN3O4. The molecule has 0 atom stereocenters. The van der Waals surface area contributed by atoms with E-state index in [9.17, 15) is 0 Å². The van der Waals surface area contributed by atoms with E-state index in [0.29, 0.717) is 23.8 Å². The number of hydrogen-bond acceptors (Lipinski definition) is 5. The third-order valence-electron chi connectivity index (χ3n) is 3.50. The van der Waals surface area contributed by atoms with Crippen LogP contribution in [0.4, 0.5) is 0 Å². The van der Waals surface area contributed by atoms with Gasteiger partial charge in [-0.05, 0) is 26.3 Å². The van der Waals surface area contributed by atoms with Crippen molar-refractivity contribution in [2.24, 2.45) is 4.99 Å². The summed E-state index contributed by atoms with van der Waals surface area (Å²) in [6, 6.07) is 3.70. The van der Waals surface area contributed by atoms with Gasteiger partial charge in [0.15, 0.2) is 17.5 Å². The molecule has 0 saturated carbocycles. The van der Waals surface area contributed by atoms with Gasteiger partial charge in [-0.3, -0.25) is 0 Å². The first-order valence-electron chi connectivity index (χ1n) is 8.58. The highest BCUT2D eigenvalue weighted by molar-refractivity contribution is 14.0. The van der Waals surface area contributed by atoms with Gasteiger partial charge in [0.05, 0.1) is 27.9 Å². The number of ether oxygens (including phenoxy) is 4. The van der Waals surface area contributed by atoms with Crippen molar-refractivity contribution in [2.45, 2.75) is 26.8 Å². The number of halogens is 1. The largest absolute Gasteiger partial charge is 0.496 e. The Morgan fingerprint density at radius 1 is 0.962 bits per heavy atom. The van der Waals surface area contributed by atoms with E-state index in [1.54, 1.807) is 21.3 Å². The molecule has 1 rings (SSSR count). The summed E-state index contributed by atoms with van der Waals surface area (Å²) < 4.78 is 21.4. The van der Waals surface area contributed by atoms with Crippen molar-refractivity contribution in [2.75, 3.05) is 47.6 Å². The summed E-state index contributed by atoms with van der Waals surface area (Å²) in [7, 11) is 4.84. The normalized spacial score (nSPS) is 10.7. The lowest BCUT2D eigenvalue weighted by atomic mass is 10.1. The second kappa shape index (κ2) is 14.7. The van der Waals surface area contributed by atoms with Crippen LogP contribution in [0.2, 0.25) is 0 Å². The van der Waals surface area contributed by atoms with Gasteiger partial charge in [0.25, 0.3) is 0 Å². The highest BCUT2D eigenvalue weighted by Gasteiger charge is 2.11. The molecule has 1 aromatic rings. The zero-order valence-electron chi connectivity index (χ0n) is 16.4. The lowest BCUT2D eigenvalue weighted by molar-refractivity contribution is 0.145. The Kier molecular flexibility index (Phi) is 13.9. The fraction of sp³-hybridized carbons (Fsp3) is 0.611. The molecule has 0 aromatic heterocycles. The fourth-order valence-corrected chi connectivity index (χ4v) is 2.25. The van der Waals surface area contributed by atoms with Crippen LogP contribution in [0, 0.1) is 0 Å². The van der Waals surface area contributed by atoms with Gasteiger partial charge in [0.1, 0.15) is 5.75 Å². The van der Waals surface area contributed by atoms with E-state index in [2.05, 4.69) is 15.6 Å². The predicted octanol–water partition coefficient (Wildman–Crippen LogP) is 2.81. The molecule has 0 aliphatic rings. The SMILES string of the molecule is CCNC(=NCc1cc(OC)c(OC)cc1OC)NCCCOCC.I. The number of benzene rings is 1. The van der Waals surface area contributed by atoms with Crippen LogP contribution in [0.25, 0.3) is 0 Å². The van der Waals surface area contributed by atoms with Crippen molar-refractivity contribution in [3.8, 4) is 17.2 Å². The second-order valence-corrected chi connectivity index (χ2v) is 5.19. The molecule has 0 heterocycles. The first-order valence-corrected chi connectivity index (χ1v) is 8.58. The zero-order valence-corrected chi connectivity index (χ0v) is 18.7. The van der Waals surface area contributed by atoms with Crippen LogP contribution in [0.3, 0.4) is 0 Å². The number of hydrogen-bond donors (Lipinski definition) is 2. The van der Waals surface area contributed by atoms with Crippen LogP contribution in [-0.2, 0) is 11.3 Å². The van der Waals surface area contributed by atoms with Crippen LogP contribution < -0.4 is 24.8 Å². The molecular weight excluding hydrogens is 449 g/mol. The molecule has 0 aliphatic carbocycles. The van der Waals surface area contributed by atoms with Gasteiger partial charge in [0, 0.05) is 37.9 Å². The maximum absolute atomic E-state index is 5.44. The highest BCUT2D eigenvalue weighted by atomic mass is 127. The molecule has 0 aliphatic heterocycles. The van der Waals surface area contributed by atoms with Gasteiger partial charge in [-0.25, -0.2) is 4.99 Å². The predicted molar refractivity (Wildman–Crippen MR) is 115 cm³/mol. The average molecular weight is 481 g/mol. The van der Waals surface area contributed by atoms with Crippen molar-refractivity contribution in [3.63, 3.8) is 0 Å². The fourth-order valence-electron chi connectivity index (χ4n) is 2.25. The highest BCUT2D eigenvalue weighted by Crippen LogP contribution is 2.34. The molecule has 0 radical (unpaired) electrons.